The standard InChI is InChI=1S/C12H13FN2O5/c1-3-4-8(12(16)17)14-9-6-11(20-2)10(15(18)19)5-7(9)13/h3,5-6,8,14H,1,4H2,2H3,(H,16,17). The van der Waals surface area contributed by atoms with Gasteiger partial charge in [-0.25, -0.2) is 9.18 Å². The molecular weight excluding hydrogens is 271 g/mol. The van der Waals surface area contributed by atoms with Gasteiger partial charge in [-0.05, 0) is 6.42 Å². The molecule has 1 rings (SSSR count). The summed E-state index contributed by atoms with van der Waals surface area (Å²) in [5.74, 6) is -2.30. The SMILES string of the molecule is C=CCC(Nc1cc(OC)c([N+](=O)[O-])cc1F)C(=O)O. The molecule has 20 heavy (non-hydrogen) atoms. The second kappa shape index (κ2) is 6.50. The largest absolute Gasteiger partial charge is 0.490 e. The van der Waals surface area contributed by atoms with Gasteiger partial charge in [-0.15, -0.1) is 6.58 Å². The van der Waals surface area contributed by atoms with Crippen LogP contribution in [-0.4, -0.2) is 29.2 Å². The minimum absolute atomic E-state index is 0.0636. The van der Waals surface area contributed by atoms with Gasteiger partial charge in [0.1, 0.15) is 6.04 Å². The third-order valence-electron chi connectivity index (χ3n) is 2.50. The van der Waals surface area contributed by atoms with Gasteiger partial charge in [0.15, 0.2) is 11.6 Å². The van der Waals surface area contributed by atoms with Crippen molar-refractivity contribution in [3.63, 3.8) is 0 Å². The minimum Gasteiger partial charge on any atom is -0.490 e. The number of hydrogen-bond donors (Lipinski definition) is 2. The van der Waals surface area contributed by atoms with E-state index < -0.39 is 28.4 Å². The van der Waals surface area contributed by atoms with Crippen molar-refractivity contribution in [3.8, 4) is 5.75 Å². The molecule has 1 aromatic carbocycles. The van der Waals surface area contributed by atoms with Gasteiger partial charge in [0.25, 0.3) is 0 Å². The van der Waals surface area contributed by atoms with Crippen LogP contribution in [-0.2, 0) is 4.79 Å². The molecule has 0 heterocycles. The lowest BCUT2D eigenvalue weighted by Gasteiger charge is -2.15. The Morgan fingerprint density at radius 1 is 1.70 bits per heavy atom. The summed E-state index contributed by atoms with van der Waals surface area (Å²) in [6, 6.07) is 0.633. The molecule has 0 radical (unpaired) electrons. The fourth-order valence-electron chi connectivity index (χ4n) is 1.54. The lowest BCUT2D eigenvalue weighted by atomic mass is 10.1. The van der Waals surface area contributed by atoms with Crippen LogP contribution in [0.2, 0.25) is 0 Å². The number of rotatable bonds is 7. The number of carbonyl (C=O) groups is 1. The van der Waals surface area contributed by atoms with E-state index in [1.165, 1.54) is 13.2 Å². The van der Waals surface area contributed by atoms with Crippen LogP contribution in [0.25, 0.3) is 0 Å². The number of methoxy groups -OCH3 is 1. The Labute approximate surface area is 113 Å². The van der Waals surface area contributed by atoms with Gasteiger partial charge in [0.2, 0.25) is 0 Å². The normalized spacial score (nSPS) is 11.5. The highest BCUT2D eigenvalue weighted by Gasteiger charge is 2.22. The Morgan fingerprint density at radius 3 is 2.80 bits per heavy atom. The third kappa shape index (κ3) is 3.44. The molecule has 0 fully saturated rings. The number of nitrogens with one attached hydrogen (secondary N) is 1. The summed E-state index contributed by atoms with van der Waals surface area (Å²) in [4.78, 5) is 20.9. The number of anilines is 1. The van der Waals surface area contributed by atoms with Gasteiger partial charge in [0.05, 0.1) is 23.8 Å². The summed E-state index contributed by atoms with van der Waals surface area (Å²) >= 11 is 0. The van der Waals surface area contributed by atoms with E-state index in [1.807, 2.05) is 0 Å². The predicted molar refractivity (Wildman–Crippen MR) is 69.5 cm³/mol. The number of nitrogens with zero attached hydrogens (tertiary/aromatic N) is 1. The molecular formula is C12H13FN2O5. The first-order chi connectivity index (χ1) is 9.40. The van der Waals surface area contributed by atoms with E-state index in [9.17, 15) is 19.3 Å². The first-order valence-corrected chi connectivity index (χ1v) is 5.52. The van der Waals surface area contributed by atoms with Crippen LogP contribution in [0.4, 0.5) is 15.8 Å². The summed E-state index contributed by atoms with van der Waals surface area (Å²) in [5, 5.41) is 22.1. The molecule has 0 aliphatic rings. The van der Waals surface area contributed by atoms with Gasteiger partial charge >= 0.3 is 11.7 Å². The molecule has 0 spiro atoms. The van der Waals surface area contributed by atoms with Crippen molar-refractivity contribution >= 4 is 17.3 Å². The van der Waals surface area contributed by atoms with Crippen molar-refractivity contribution in [2.24, 2.45) is 0 Å². The highest BCUT2D eigenvalue weighted by molar-refractivity contribution is 5.78. The molecule has 0 bridgehead atoms. The van der Waals surface area contributed by atoms with Crippen LogP contribution < -0.4 is 10.1 Å². The Bertz CT molecular complexity index is 547. The lowest BCUT2D eigenvalue weighted by Crippen LogP contribution is -2.29. The van der Waals surface area contributed by atoms with Crippen molar-refractivity contribution < 1.29 is 24.0 Å². The van der Waals surface area contributed by atoms with Crippen molar-refractivity contribution in [1.82, 2.24) is 0 Å². The predicted octanol–water partition coefficient (Wildman–Crippen LogP) is 2.18. The summed E-state index contributed by atoms with van der Waals surface area (Å²) in [6.07, 6.45) is 1.43. The fourth-order valence-corrected chi connectivity index (χ4v) is 1.54. The van der Waals surface area contributed by atoms with Crippen molar-refractivity contribution in [3.05, 3.63) is 40.7 Å². The molecule has 1 unspecified atom stereocenters. The van der Waals surface area contributed by atoms with Crippen LogP contribution in [0.3, 0.4) is 0 Å². The zero-order valence-corrected chi connectivity index (χ0v) is 10.6. The lowest BCUT2D eigenvalue weighted by molar-refractivity contribution is -0.385. The van der Waals surface area contributed by atoms with Crippen molar-refractivity contribution in [1.29, 1.82) is 0 Å². The Morgan fingerprint density at radius 2 is 2.35 bits per heavy atom. The molecule has 0 amide bonds. The Kier molecular flexibility index (Phi) is 5.01. The maximum absolute atomic E-state index is 13.7. The van der Waals surface area contributed by atoms with Gasteiger partial charge in [-0.3, -0.25) is 10.1 Å². The maximum atomic E-state index is 13.7. The number of nitro benzene ring substituents is 1. The quantitative estimate of drug-likeness (QED) is 0.452. The van der Waals surface area contributed by atoms with E-state index in [0.29, 0.717) is 6.07 Å². The highest BCUT2D eigenvalue weighted by Crippen LogP contribution is 2.32. The molecule has 0 saturated heterocycles. The van der Waals surface area contributed by atoms with Crippen molar-refractivity contribution in [2.75, 3.05) is 12.4 Å². The van der Waals surface area contributed by atoms with E-state index in [2.05, 4.69) is 11.9 Å². The zero-order chi connectivity index (χ0) is 15.3. The number of carboxylic acids is 1. The topological polar surface area (TPSA) is 102 Å². The van der Waals surface area contributed by atoms with Crippen LogP contribution in [0, 0.1) is 15.9 Å². The third-order valence-corrected chi connectivity index (χ3v) is 2.50. The van der Waals surface area contributed by atoms with E-state index >= 15 is 0 Å². The monoisotopic (exact) mass is 284 g/mol. The molecule has 1 aromatic rings. The van der Waals surface area contributed by atoms with Crippen LogP contribution in [0.1, 0.15) is 6.42 Å². The smallest absolute Gasteiger partial charge is 0.326 e. The molecule has 0 aliphatic carbocycles. The van der Waals surface area contributed by atoms with E-state index in [1.54, 1.807) is 0 Å². The summed E-state index contributed by atoms with van der Waals surface area (Å²) < 4.78 is 18.5. The number of halogens is 1. The van der Waals surface area contributed by atoms with Crippen LogP contribution in [0.5, 0.6) is 5.75 Å². The first kappa shape index (κ1) is 15.4. The van der Waals surface area contributed by atoms with E-state index in [0.717, 1.165) is 6.07 Å². The zero-order valence-electron chi connectivity index (χ0n) is 10.6. The van der Waals surface area contributed by atoms with Gasteiger partial charge in [-0.1, -0.05) is 6.08 Å². The molecule has 7 nitrogen and oxygen atoms in total. The molecule has 108 valence electrons. The molecule has 0 aliphatic heterocycles. The molecule has 1 atom stereocenters. The van der Waals surface area contributed by atoms with Crippen LogP contribution in [0.15, 0.2) is 24.8 Å². The van der Waals surface area contributed by atoms with Gasteiger partial charge in [-0.2, -0.15) is 0 Å². The minimum atomic E-state index is -1.19. The first-order valence-electron chi connectivity index (χ1n) is 5.52. The fraction of sp³-hybridized carbons (Fsp3) is 0.250. The molecule has 0 aromatic heterocycles. The van der Waals surface area contributed by atoms with E-state index in [-0.39, 0.29) is 17.9 Å². The van der Waals surface area contributed by atoms with Crippen molar-refractivity contribution in [2.45, 2.75) is 12.5 Å². The van der Waals surface area contributed by atoms with E-state index in [4.69, 9.17) is 9.84 Å². The van der Waals surface area contributed by atoms with Gasteiger partial charge < -0.3 is 15.2 Å². The molecule has 2 N–H and O–H groups in total. The van der Waals surface area contributed by atoms with Crippen LogP contribution >= 0.6 is 0 Å². The average Bonchev–Trinajstić information content (AvgIpc) is 2.39. The van der Waals surface area contributed by atoms with Gasteiger partial charge in [0, 0.05) is 6.07 Å². The number of nitro groups is 1. The number of aliphatic carboxylic acids is 1. The Balaban J connectivity index is 3.15. The number of ether oxygens (including phenoxy) is 1. The number of hydrogen-bond acceptors (Lipinski definition) is 5. The Hall–Kier alpha value is -2.64. The molecule has 0 saturated carbocycles. The second-order valence-corrected chi connectivity index (χ2v) is 3.82. The summed E-state index contributed by atoms with van der Waals surface area (Å²) in [5.41, 5.74) is -0.729. The average molecular weight is 284 g/mol. The highest BCUT2D eigenvalue weighted by atomic mass is 19.1. The number of carboxylic acid groups (broad SMARTS) is 1. The maximum Gasteiger partial charge on any atom is 0.326 e. The molecule has 8 heteroatoms. The summed E-state index contributed by atoms with van der Waals surface area (Å²) in [6.45, 7) is 3.41. The second-order valence-electron chi connectivity index (χ2n) is 3.82. The number of benzene rings is 1. The summed E-state index contributed by atoms with van der Waals surface area (Å²) in [7, 11) is 1.20.